The van der Waals surface area contributed by atoms with E-state index in [1.165, 1.54) is 7.11 Å². The zero-order valence-corrected chi connectivity index (χ0v) is 12.3. The highest BCUT2D eigenvalue weighted by Gasteiger charge is 2.11. The van der Waals surface area contributed by atoms with Crippen LogP contribution in [0.15, 0.2) is 35.1 Å². The van der Waals surface area contributed by atoms with E-state index in [0.717, 1.165) is 12.8 Å². The van der Waals surface area contributed by atoms with Gasteiger partial charge >= 0.3 is 0 Å². The van der Waals surface area contributed by atoms with Crippen LogP contribution in [0.4, 0.5) is 0 Å². The molecule has 0 fully saturated rings. The second-order valence-electron chi connectivity index (χ2n) is 4.03. The fourth-order valence-corrected chi connectivity index (χ4v) is 1.60. The highest BCUT2D eigenvalue weighted by molar-refractivity contribution is 6.32. The first-order chi connectivity index (χ1) is 8.46. The second kappa shape index (κ2) is 8.81. The van der Waals surface area contributed by atoms with E-state index < -0.39 is 0 Å². The van der Waals surface area contributed by atoms with E-state index in [2.05, 4.69) is 18.8 Å². The Kier molecular flexibility index (Phi) is 8.21. The number of nitrogens with one attached hydrogen (secondary N) is 1. The summed E-state index contributed by atoms with van der Waals surface area (Å²) in [4.78, 5) is 12.0. The number of hydrogen-bond donors (Lipinski definition) is 1. The summed E-state index contributed by atoms with van der Waals surface area (Å²) in [7, 11) is 1.48. The van der Waals surface area contributed by atoms with Gasteiger partial charge in [0.1, 0.15) is 5.76 Å². The molecule has 0 saturated heterocycles. The second-order valence-corrected chi connectivity index (χ2v) is 4.43. The monoisotopic (exact) mass is 271 g/mol. The van der Waals surface area contributed by atoms with Crippen molar-refractivity contribution in [3.05, 3.63) is 35.1 Å². The Hall–Kier alpha value is -1.22. The summed E-state index contributed by atoms with van der Waals surface area (Å²) in [6.07, 6.45) is 5.25. The number of methoxy groups -OCH3 is 1. The van der Waals surface area contributed by atoms with Crippen molar-refractivity contribution in [3.8, 4) is 0 Å². The van der Waals surface area contributed by atoms with Crippen LogP contribution in [-0.2, 0) is 9.53 Å². The van der Waals surface area contributed by atoms with Gasteiger partial charge in [-0.2, -0.15) is 0 Å². The van der Waals surface area contributed by atoms with Crippen molar-refractivity contribution in [2.45, 2.75) is 39.7 Å². The van der Waals surface area contributed by atoms with Crippen molar-refractivity contribution in [2.75, 3.05) is 7.11 Å². The molecule has 0 saturated carbocycles. The number of ether oxygens (including phenoxy) is 1. The molecule has 1 atom stereocenters. The number of carbonyl (C=O) groups excluding carboxylic acids is 1. The Bertz CT molecular complexity index is 359. The van der Waals surface area contributed by atoms with Crippen molar-refractivity contribution in [1.29, 1.82) is 0 Å². The van der Waals surface area contributed by atoms with Crippen LogP contribution in [0.1, 0.15) is 33.6 Å². The van der Waals surface area contributed by atoms with Crippen LogP contribution in [-0.4, -0.2) is 19.1 Å². The van der Waals surface area contributed by atoms with Gasteiger partial charge in [-0.05, 0) is 26.3 Å². The minimum absolute atomic E-state index is 0.138. The zero-order chi connectivity index (χ0) is 14.1. The molecule has 0 rings (SSSR count). The molecule has 0 heterocycles. The van der Waals surface area contributed by atoms with Crippen LogP contribution in [0.3, 0.4) is 0 Å². The lowest BCUT2D eigenvalue weighted by Crippen LogP contribution is -2.33. The van der Waals surface area contributed by atoms with Crippen molar-refractivity contribution in [3.63, 3.8) is 0 Å². The van der Waals surface area contributed by atoms with Gasteiger partial charge in [-0.25, -0.2) is 0 Å². The largest absolute Gasteiger partial charge is 0.496 e. The highest BCUT2D eigenvalue weighted by atomic mass is 35.5. The predicted octanol–water partition coefficient (Wildman–Crippen LogP) is 3.52. The average molecular weight is 272 g/mol. The van der Waals surface area contributed by atoms with E-state index in [1.54, 1.807) is 19.1 Å². The molecule has 0 aromatic heterocycles. The van der Waals surface area contributed by atoms with Gasteiger partial charge in [-0.1, -0.05) is 37.6 Å². The van der Waals surface area contributed by atoms with E-state index in [9.17, 15) is 4.79 Å². The van der Waals surface area contributed by atoms with Gasteiger partial charge in [0.05, 0.1) is 12.1 Å². The van der Waals surface area contributed by atoms with Crippen molar-refractivity contribution in [1.82, 2.24) is 5.32 Å². The number of hydrogen-bond acceptors (Lipinski definition) is 2. The van der Waals surface area contributed by atoms with Gasteiger partial charge in [0.15, 0.2) is 0 Å². The number of allylic oxidation sites excluding steroid dienone is 2. The highest BCUT2D eigenvalue weighted by Crippen LogP contribution is 2.16. The maximum absolute atomic E-state index is 12.0. The van der Waals surface area contributed by atoms with Gasteiger partial charge in [0, 0.05) is 11.6 Å². The Balaban J connectivity index is 4.70. The molecule has 0 radical (unpaired) electrons. The third-order valence-electron chi connectivity index (χ3n) is 2.47. The molecule has 0 aliphatic carbocycles. The molecule has 1 amide bonds. The molecule has 0 aromatic rings. The molecular formula is C14H22ClNO2. The lowest BCUT2D eigenvalue weighted by atomic mass is 10.1. The molecular weight excluding hydrogens is 250 g/mol. The summed E-state index contributed by atoms with van der Waals surface area (Å²) < 4.78 is 4.90. The van der Waals surface area contributed by atoms with Crippen molar-refractivity contribution >= 4 is 17.5 Å². The first-order valence-corrected chi connectivity index (χ1v) is 6.41. The van der Waals surface area contributed by atoms with E-state index >= 15 is 0 Å². The van der Waals surface area contributed by atoms with Gasteiger partial charge in [0.25, 0.3) is 5.91 Å². The summed E-state index contributed by atoms with van der Waals surface area (Å²) in [6, 6.07) is 0.148. The molecule has 0 aliphatic heterocycles. The third kappa shape index (κ3) is 5.92. The molecule has 102 valence electrons. The number of amides is 1. The summed E-state index contributed by atoms with van der Waals surface area (Å²) in [6.45, 7) is 9.48. The Morgan fingerprint density at radius 1 is 1.56 bits per heavy atom. The first kappa shape index (κ1) is 16.8. The normalized spacial score (nSPS) is 14.1. The predicted molar refractivity (Wildman–Crippen MR) is 76.4 cm³/mol. The van der Waals surface area contributed by atoms with Crippen LogP contribution in [0.2, 0.25) is 0 Å². The molecule has 1 N–H and O–H groups in total. The SMILES string of the molecule is C=C(OC)/C(Cl)=C\C(=C/C)C(=O)NC(C)CCC. The van der Waals surface area contributed by atoms with Crippen LogP contribution in [0.5, 0.6) is 0 Å². The minimum atomic E-state index is -0.138. The van der Waals surface area contributed by atoms with Gasteiger partial charge in [0.2, 0.25) is 0 Å². The summed E-state index contributed by atoms with van der Waals surface area (Å²) in [5, 5.41) is 3.24. The molecule has 1 unspecified atom stereocenters. The van der Waals surface area contributed by atoms with E-state index in [0.29, 0.717) is 16.4 Å². The summed E-state index contributed by atoms with van der Waals surface area (Å²) in [5.74, 6) is 0.200. The maximum atomic E-state index is 12.0. The van der Waals surface area contributed by atoms with Gasteiger partial charge in [-0.15, -0.1) is 0 Å². The van der Waals surface area contributed by atoms with E-state index in [4.69, 9.17) is 16.3 Å². The molecule has 0 spiro atoms. The van der Waals surface area contributed by atoms with E-state index in [1.807, 2.05) is 6.92 Å². The zero-order valence-electron chi connectivity index (χ0n) is 11.5. The number of halogens is 1. The fraction of sp³-hybridized carbons (Fsp3) is 0.500. The molecule has 0 bridgehead atoms. The average Bonchev–Trinajstić information content (AvgIpc) is 2.34. The molecule has 0 aliphatic rings. The Morgan fingerprint density at radius 3 is 2.61 bits per heavy atom. The van der Waals surface area contributed by atoms with Crippen molar-refractivity contribution in [2.24, 2.45) is 0 Å². The standard InChI is InChI=1S/C14H22ClNO2/c1-6-8-10(3)16-14(17)12(7-2)9-13(15)11(4)18-5/h7,9-10H,4,6,8H2,1-3,5H3,(H,16,17)/b12-7+,13-9+. The Morgan fingerprint density at radius 2 is 2.17 bits per heavy atom. The van der Waals surface area contributed by atoms with Crippen LogP contribution in [0, 0.1) is 0 Å². The minimum Gasteiger partial charge on any atom is -0.496 e. The van der Waals surface area contributed by atoms with Gasteiger partial charge in [-0.3, -0.25) is 4.79 Å². The van der Waals surface area contributed by atoms with E-state index in [-0.39, 0.29) is 11.9 Å². The van der Waals surface area contributed by atoms with Crippen LogP contribution in [0.25, 0.3) is 0 Å². The van der Waals surface area contributed by atoms with Crippen LogP contribution >= 0.6 is 11.6 Å². The van der Waals surface area contributed by atoms with Gasteiger partial charge < -0.3 is 10.1 Å². The topological polar surface area (TPSA) is 38.3 Å². The summed E-state index contributed by atoms with van der Waals surface area (Å²) in [5.41, 5.74) is 0.501. The van der Waals surface area contributed by atoms with Crippen molar-refractivity contribution < 1.29 is 9.53 Å². The van der Waals surface area contributed by atoms with Crippen LogP contribution < -0.4 is 5.32 Å². The lowest BCUT2D eigenvalue weighted by molar-refractivity contribution is -0.117. The number of carbonyl (C=O) groups is 1. The first-order valence-electron chi connectivity index (χ1n) is 6.03. The number of rotatable bonds is 7. The molecule has 3 nitrogen and oxygen atoms in total. The Labute approximate surface area is 115 Å². The molecule has 0 aromatic carbocycles. The fourth-order valence-electron chi connectivity index (χ4n) is 1.41. The quantitative estimate of drug-likeness (QED) is 0.437. The maximum Gasteiger partial charge on any atom is 0.251 e. The third-order valence-corrected chi connectivity index (χ3v) is 2.79. The summed E-state index contributed by atoms with van der Waals surface area (Å²) >= 11 is 5.96. The molecule has 18 heavy (non-hydrogen) atoms. The molecule has 4 heteroatoms. The smallest absolute Gasteiger partial charge is 0.251 e. The lowest BCUT2D eigenvalue weighted by Gasteiger charge is -2.13.